The van der Waals surface area contributed by atoms with E-state index in [4.69, 9.17) is 9.47 Å². The summed E-state index contributed by atoms with van der Waals surface area (Å²) in [5, 5.41) is 35.2. The van der Waals surface area contributed by atoms with Crippen LogP contribution in [0.25, 0.3) is 0 Å². The van der Waals surface area contributed by atoms with Crippen LogP contribution < -0.4 is 5.32 Å². The quantitative estimate of drug-likeness (QED) is 0.0476. The fourth-order valence-corrected chi connectivity index (χ4v) is 8.88. The molecule has 0 radical (unpaired) electrons. The Hall–Kier alpha value is -2.73. The van der Waals surface area contributed by atoms with E-state index in [1.807, 2.05) is 30.3 Å². The van der Waals surface area contributed by atoms with E-state index in [1.165, 1.54) is 155 Å². The molecule has 1 heterocycles. The van der Waals surface area contributed by atoms with E-state index in [0.29, 0.717) is 13.0 Å². The summed E-state index contributed by atoms with van der Waals surface area (Å²) in [5.74, 6) is -0.745. The molecule has 11 heteroatoms. The number of benzene rings is 1. The molecule has 370 valence electrons. The topological polar surface area (TPSA) is 149 Å². The van der Waals surface area contributed by atoms with Crippen molar-refractivity contribution in [3.05, 3.63) is 35.9 Å². The van der Waals surface area contributed by atoms with Crippen molar-refractivity contribution < 1.29 is 39.2 Å². The Morgan fingerprint density at radius 1 is 0.609 bits per heavy atom. The van der Waals surface area contributed by atoms with Gasteiger partial charge in [0, 0.05) is 20.0 Å². The molecule has 1 fully saturated rings. The average Bonchev–Trinajstić information content (AvgIpc) is 3.30. The molecule has 1 aromatic rings. The molecule has 4 N–H and O–H groups in total. The average molecular weight is 902 g/mol. The minimum absolute atomic E-state index is 0.0490. The Bertz CT molecular complexity index is 1290. The zero-order chi connectivity index (χ0) is 46.5. The number of rotatable bonds is 40. The van der Waals surface area contributed by atoms with Crippen LogP contribution in [0.5, 0.6) is 0 Å². The number of hydrogen-bond acceptors (Lipinski definition) is 8. The maximum atomic E-state index is 14.1. The first-order chi connectivity index (χ1) is 31.2. The third kappa shape index (κ3) is 26.4. The second-order valence-electron chi connectivity index (χ2n) is 18.8. The number of nitrogens with one attached hydrogen (secondary N) is 1. The van der Waals surface area contributed by atoms with Crippen LogP contribution in [0.2, 0.25) is 0 Å². The molecular weight excluding hydrogens is 807 g/mol. The first-order valence-electron chi connectivity index (χ1n) is 26.4. The Balaban J connectivity index is 1.92. The van der Waals surface area contributed by atoms with Crippen molar-refractivity contribution in [1.82, 2.24) is 15.1 Å². The number of likely N-dealkylation sites (N-methyl/N-ethyl adjacent to an activating group) is 1. The van der Waals surface area contributed by atoms with Gasteiger partial charge >= 0.3 is 6.09 Å². The number of nitrogens with zero attached hydrogens (tertiary/aromatic N) is 2. The number of unbranched alkanes of at least 4 members (excludes halogenated alkanes) is 29. The van der Waals surface area contributed by atoms with Crippen molar-refractivity contribution in [2.75, 3.05) is 26.7 Å². The highest BCUT2D eigenvalue weighted by atomic mass is 16.6. The van der Waals surface area contributed by atoms with Crippen molar-refractivity contribution in [3.8, 4) is 0 Å². The van der Waals surface area contributed by atoms with E-state index in [9.17, 15) is 29.7 Å². The summed E-state index contributed by atoms with van der Waals surface area (Å²) in [5.41, 5.74) is 0.810. The van der Waals surface area contributed by atoms with Crippen LogP contribution >= 0.6 is 0 Å². The van der Waals surface area contributed by atoms with E-state index < -0.39 is 49.2 Å². The van der Waals surface area contributed by atoms with Gasteiger partial charge in [0.05, 0.1) is 6.61 Å². The van der Waals surface area contributed by atoms with E-state index >= 15 is 0 Å². The van der Waals surface area contributed by atoms with Crippen molar-refractivity contribution in [3.63, 3.8) is 0 Å². The highest BCUT2D eigenvalue weighted by Gasteiger charge is 2.48. The largest absolute Gasteiger partial charge is 0.445 e. The van der Waals surface area contributed by atoms with E-state index in [0.717, 1.165) is 61.8 Å². The maximum Gasteiger partial charge on any atom is 0.410 e. The van der Waals surface area contributed by atoms with E-state index in [2.05, 4.69) is 19.2 Å². The smallest absolute Gasteiger partial charge is 0.410 e. The van der Waals surface area contributed by atoms with Crippen molar-refractivity contribution in [1.29, 1.82) is 0 Å². The maximum absolute atomic E-state index is 14.1. The molecular formula is C53H95N3O8. The van der Waals surface area contributed by atoms with Gasteiger partial charge in [0.2, 0.25) is 11.8 Å². The van der Waals surface area contributed by atoms with E-state index in [-0.39, 0.29) is 19.1 Å². The molecule has 0 spiro atoms. The van der Waals surface area contributed by atoms with Gasteiger partial charge in [0.15, 0.2) is 6.23 Å². The van der Waals surface area contributed by atoms with Gasteiger partial charge < -0.3 is 39.9 Å². The SMILES string of the molecule is CCCCCCCCCCCCCCCCCCN(C(=O)CCCCCCCCCCCCCCCCC)[C@@H]1O[C@H](CO)[C@@H](O)[C@H](O)[C@H]1NC(=O)CN(C)C(=O)OCc1ccccc1. The molecule has 0 saturated carbocycles. The lowest BCUT2D eigenvalue weighted by Gasteiger charge is -2.47. The summed E-state index contributed by atoms with van der Waals surface area (Å²) in [6, 6.07) is 8.04. The normalized spacial score (nSPS) is 18.5. The lowest BCUT2D eigenvalue weighted by atomic mass is 9.94. The number of aliphatic hydroxyl groups excluding tert-OH is 3. The Labute approximate surface area is 390 Å². The van der Waals surface area contributed by atoms with Crippen molar-refractivity contribution >= 4 is 17.9 Å². The molecule has 1 aromatic carbocycles. The first kappa shape index (κ1) is 57.4. The Kier molecular flexibility index (Phi) is 34.4. The van der Waals surface area contributed by atoms with Gasteiger partial charge in [0.1, 0.15) is 37.5 Å². The monoisotopic (exact) mass is 902 g/mol. The van der Waals surface area contributed by atoms with Gasteiger partial charge in [-0.25, -0.2) is 4.79 Å². The Morgan fingerprint density at radius 3 is 1.47 bits per heavy atom. The molecule has 0 aliphatic carbocycles. The minimum Gasteiger partial charge on any atom is -0.445 e. The second-order valence-corrected chi connectivity index (χ2v) is 18.8. The lowest BCUT2D eigenvalue weighted by Crippen LogP contribution is -2.69. The molecule has 1 saturated heterocycles. The van der Waals surface area contributed by atoms with Gasteiger partial charge in [-0.05, 0) is 18.4 Å². The summed E-state index contributed by atoms with van der Waals surface area (Å²) >= 11 is 0. The van der Waals surface area contributed by atoms with Crippen LogP contribution in [0, 0.1) is 0 Å². The van der Waals surface area contributed by atoms with Crippen LogP contribution in [-0.4, -0.2) is 100 Å². The number of amides is 3. The van der Waals surface area contributed by atoms with E-state index in [1.54, 1.807) is 4.90 Å². The van der Waals surface area contributed by atoms with Gasteiger partial charge in [-0.15, -0.1) is 0 Å². The highest BCUT2D eigenvalue weighted by Crippen LogP contribution is 2.26. The molecule has 2 rings (SSSR count). The highest BCUT2D eigenvalue weighted by molar-refractivity contribution is 5.82. The second kappa shape index (κ2) is 38.4. The van der Waals surface area contributed by atoms with Crippen LogP contribution in [0.4, 0.5) is 4.79 Å². The summed E-state index contributed by atoms with van der Waals surface area (Å²) in [4.78, 5) is 43.0. The predicted molar refractivity (Wildman–Crippen MR) is 260 cm³/mol. The third-order valence-corrected chi connectivity index (χ3v) is 13.0. The number of hydrogen-bond donors (Lipinski definition) is 4. The molecule has 0 aromatic heterocycles. The van der Waals surface area contributed by atoms with Crippen LogP contribution in [0.3, 0.4) is 0 Å². The van der Waals surface area contributed by atoms with Crippen molar-refractivity contribution in [2.45, 2.75) is 257 Å². The van der Waals surface area contributed by atoms with Gasteiger partial charge in [-0.1, -0.05) is 230 Å². The summed E-state index contributed by atoms with van der Waals surface area (Å²) in [6.07, 6.45) is 32.5. The van der Waals surface area contributed by atoms with Gasteiger partial charge in [0.25, 0.3) is 0 Å². The fourth-order valence-electron chi connectivity index (χ4n) is 8.88. The molecule has 0 unspecified atom stereocenters. The van der Waals surface area contributed by atoms with Gasteiger partial charge in [-0.2, -0.15) is 0 Å². The zero-order valence-corrected chi connectivity index (χ0v) is 41.0. The fraction of sp³-hybridized carbons (Fsp3) is 0.830. The molecule has 64 heavy (non-hydrogen) atoms. The minimum atomic E-state index is -1.53. The number of carbonyl (C=O) groups excluding carboxylic acids is 3. The van der Waals surface area contributed by atoms with Crippen LogP contribution in [0.1, 0.15) is 225 Å². The molecule has 0 bridgehead atoms. The lowest BCUT2D eigenvalue weighted by molar-refractivity contribution is -0.231. The number of aliphatic hydroxyl groups is 3. The molecule has 3 amide bonds. The van der Waals surface area contributed by atoms with Crippen LogP contribution in [0.15, 0.2) is 30.3 Å². The molecule has 1 aliphatic heterocycles. The third-order valence-electron chi connectivity index (χ3n) is 13.0. The first-order valence-corrected chi connectivity index (χ1v) is 26.4. The molecule has 5 atom stereocenters. The summed E-state index contributed by atoms with van der Waals surface area (Å²) < 4.78 is 11.6. The summed E-state index contributed by atoms with van der Waals surface area (Å²) in [6.45, 7) is 3.99. The molecule has 1 aliphatic rings. The Morgan fingerprint density at radius 2 is 1.03 bits per heavy atom. The van der Waals surface area contributed by atoms with Crippen molar-refractivity contribution in [2.24, 2.45) is 0 Å². The standard InChI is InChI=1S/C53H95N3O8/c1-4-6-8-10-12-14-16-18-20-22-24-26-28-30-32-37-41-56(48(59)40-36-31-29-27-25-23-21-19-17-15-13-11-9-7-5-2)52-49(51(61)50(60)46(43-57)64-52)54-47(58)42-55(3)53(62)63-44-45-38-34-33-35-39-45/h33-35,38-39,46,49-52,57,60-61H,4-32,36-37,40-44H2,1-3H3,(H,54,58)/t46-,49-,50-,51-,52-/m1/s1. The summed E-state index contributed by atoms with van der Waals surface area (Å²) in [7, 11) is 1.44. The predicted octanol–water partition coefficient (Wildman–Crippen LogP) is 11.5. The zero-order valence-electron chi connectivity index (χ0n) is 41.0. The number of ether oxygens (including phenoxy) is 2. The molecule has 11 nitrogen and oxygen atoms in total. The number of carbonyl (C=O) groups is 3. The van der Waals surface area contributed by atoms with Gasteiger partial charge in [-0.3, -0.25) is 9.59 Å². The van der Waals surface area contributed by atoms with Crippen LogP contribution in [-0.2, 0) is 25.7 Å².